The number of anilines is 1. The summed E-state index contributed by atoms with van der Waals surface area (Å²) in [6.07, 6.45) is 0. The highest BCUT2D eigenvalue weighted by Gasteiger charge is 2.25. The zero-order valence-electron chi connectivity index (χ0n) is 18.6. The van der Waals surface area contributed by atoms with Gasteiger partial charge in [0.05, 0.1) is 33.2 Å². The smallest absolute Gasteiger partial charge is 0.279 e. The summed E-state index contributed by atoms with van der Waals surface area (Å²) in [5.74, 6) is -0.0977. The minimum atomic E-state index is -3.75. The molecule has 0 atom stereocenters. The fourth-order valence-electron chi connectivity index (χ4n) is 3.98. The number of nitrogens with one attached hydrogen (secondary N) is 1. The molecule has 0 bridgehead atoms. The highest BCUT2D eigenvalue weighted by Crippen LogP contribution is 2.32. The molecule has 2 heterocycles. The summed E-state index contributed by atoms with van der Waals surface area (Å²) in [5.41, 5.74) is 9.72. The fraction of sp³-hybridized carbons (Fsp3) is 0.120. The maximum atomic E-state index is 13.5. The number of hydrogen-bond donors (Lipinski definition) is 2. The second kappa shape index (κ2) is 8.03. The zero-order chi connectivity index (χ0) is 24.0. The fourth-order valence-corrected chi connectivity index (χ4v) is 5.13. The number of imidazole rings is 1. The Labute approximate surface area is 196 Å². The SMILES string of the molecule is CC(C)S(=O)(=O)n1c(N)nc2ccc(-c3[nH]n(-c4ccccc4)c(=O)c3-c3ccccc3)cc21. The first-order valence-electron chi connectivity index (χ1n) is 10.8. The van der Waals surface area contributed by atoms with Crippen LogP contribution in [0.2, 0.25) is 0 Å². The van der Waals surface area contributed by atoms with E-state index in [9.17, 15) is 13.2 Å². The van der Waals surface area contributed by atoms with E-state index in [1.165, 1.54) is 4.68 Å². The quantitative estimate of drug-likeness (QED) is 0.400. The van der Waals surface area contributed by atoms with Crippen LogP contribution in [0.5, 0.6) is 0 Å². The Hall–Kier alpha value is -4.11. The van der Waals surface area contributed by atoms with Crippen molar-refractivity contribution in [2.24, 2.45) is 0 Å². The van der Waals surface area contributed by atoms with Crippen molar-refractivity contribution in [3.63, 3.8) is 0 Å². The lowest BCUT2D eigenvalue weighted by Gasteiger charge is -2.11. The number of nitrogens with two attached hydrogens (primary N) is 1. The Morgan fingerprint density at radius 1 is 0.912 bits per heavy atom. The largest absolute Gasteiger partial charge is 0.368 e. The van der Waals surface area contributed by atoms with Crippen molar-refractivity contribution in [3.8, 4) is 28.1 Å². The maximum absolute atomic E-state index is 13.5. The van der Waals surface area contributed by atoms with Gasteiger partial charge in [0.25, 0.3) is 5.56 Å². The third-order valence-corrected chi connectivity index (χ3v) is 7.83. The lowest BCUT2D eigenvalue weighted by molar-refractivity contribution is 0.580. The van der Waals surface area contributed by atoms with Gasteiger partial charge in [0.15, 0.2) is 0 Å². The molecule has 0 aliphatic carbocycles. The second-order valence-corrected chi connectivity index (χ2v) is 10.6. The van der Waals surface area contributed by atoms with E-state index in [1.54, 1.807) is 32.0 Å². The Balaban J connectivity index is 1.80. The van der Waals surface area contributed by atoms with Gasteiger partial charge < -0.3 is 5.73 Å². The van der Waals surface area contributed by atoms with Gasteiger partial charge in [0.1, 0.15) is 0 Å². The topological polar surface area (TPSA) is 116 Å². The maximum Gasteiger partial charge on any atom is 0.279 e. The van der Waals surface area contributed by atoms with E-state index >= 15 is 0 Å². The molecule has 5 rings (SSSR count). The van der Waals surface area contributed by atoms with E-state index in [0.29, 0.717) is 33.5 Å². The summed E-state index contributed by atoms with van der Waals surface area (Å²) in [7, 11) is -3.75. The molecule has 0 saturated heterocycles. The van der Waals surface area contributed by atoms with Crippen molar-refractivity contribution in [1.82, 2.24) is 18.7 Å². The molecule has 0 fully saturated rings. The van der Waals surface area contributed by atoms with Gasteiger partial charge in [-0.2, -0.15) is 0 Å². The molecule has 3 N–H and O–H groups in total. The molecule has 5 aromatic rings. The predicted octanol–water partition coefficient (Wildman–Crippen LogP) is 4.02. The minimum Gasteiger partial charge on any atom is -0.368 e. The molecule has 0 unspecified atom stereocenters. The van der Waals surface area contributed by atoms with Crippen LogP contribution >= 0.6 is 0 Å². The molecule has 34 heavy (non-hydrogen) atoms. The number of hydrogen-bond acceptors (Lipinski definition) is 5. The Kier molecular flexibility index (Phi) is 5.13. The van der Waals surface area contributed by atoms with Gasteiger partial charge >= 0.3 is 0 Å². The van der Waals surface area contributed by atoms with Crippen LogP contribution in [-0.2, 0) is 10.0 Å². The molecule has 172 valence electrons. The third-order valence-electron chi connectivity index (χ3n) is 5.74. The van der Waals surface area contributed by atoms with Gasteiger partial charge in [-0.25, -0.2) is 22.1 Å². The second-order valence-electron chi connectivity index (χ2n) is 8.24. The molecule has 3 aromatic carbocycles. The van der Waals surface area contributed by atoms with E-state index < -0.39 is 15.3 Å². The summed E-state index contributed by atoms with van der Waals surface area (Å²) >= 11 is 0. The molecule has 0 radical (unpaired) electrons. The van der Waals surface area contributed by atoms with Crippen molar-refractivity contribution in [2.75, 3.05) is 5.73 Å². The zero-order valence-corrected chi connectivity index (χ0v) is 19.5. The van der Waals surface area contributed by atoms with Crippen molar-refractivity contribution in [2.45, 2.75) is 19.1 Å². The highest BCUT2D eigenvalue weighted by atomic mass is 32.2. The van der Waals surface area contributed by atoms with Gasteiger partial charge in [-0.1, -0.05) is 54.6 Å². The van der Waals surface area contributed by atoms with E-state index in [0.717, 1.165) is 9.54 Å². The van der Waals surface area contributed by atoms with Crippen LogP contribution in [0.1, 0.15) is 13.8 Å². The normalized spacial score (nSPS) is 12.0. The van der Waals surface area contributed by atoms with Crippen LogP contribution in [0, 0.1) is 0 Å². The van der Waals surface area contributed by atoms with E-state index in [4.69, 9.17) is 5.73 Å². The van der Waals surface area contributed by atoms with Crippen LogP contribution < -0.4 is 11.3 Å². The van der Waals surface area contributed by atoms with Gasteiger partial charge in [0, 0.05) is 5.56 Å². The minimum absolute atomic E-state index is 0.0977. The van der Waals surface area contributed by atoms with Crippen molar-refractivity contribution < 1.29 is 8.42 Å². The van der Waals surface area contributed by atoms with Crippen molar-refractivity contribution in [3.05, 3.63) is 89.2 Å². The van der Waals surface area contributed by atoms with Crippen LogP contribution in [0.25, 0.3) is 39.1 Å². The molecular formula is C25H23N5O3S. The summed E-state index contributed by atoms with van der Waals surface area (Å²) in [5, 5.41) is 2.54. The standard InChI is InChI=1S/C25H23N5O3S/c1-16(2)34(32,33)30-21-15-18(13-14-20(21)27-25(30)26)23-22(17-9-5-3-6-10-17)24(31)29(28-23)19-11-7-4-8-12-19/h3-16,28H,1-2H3,(H2,26,27). The van der Waals surface area contributed by atoms with Crippen LogP contribution in [0.3, 0.4) is 0 Å². The molecule has 8 nitrogen and oxygen atoms in total. The van der Waals surface area contributed by atoms with E-state index in [1.807, 2.05) is 60.7 Å². The average molecular weight is 474 g/mol. The molecule has 0 amide bonds. The monoisotopic (exact) mass is 473 g/mol. The number of H-pyrrole nitrogens is 1. The summed E-state index contributed by atoms with van der Waals surface area (Å²) in [6, 6.07) is 23.8. The summed E-state index contributed by atoms with van der Waals surface area (Å²) < 4.78 is 28.5. The molecule has 9 heteroatoms. The number of nitrogen functional groups attached to an aromatic ring is 1. The van der Waals surface area contributed by atoms with Crippen LogP contribution in [0.15, 0.2) is 83.7 Å². The highest BCUT2D eigenvalue weighted by molar-refractivity contribution is 7.90. The predicted molar refractivity (Wildman–Crippen MR) is 134 cm³/mol. The van der Waals surface area contributed by atoms with Gasteiger partial charge in [-0.05, 0) is 43.7 Å². The first-order valence-corrected chi connectivity index (χ1v) is 12.3. The van der Waals surface area contributed by atoms with Gasteiger partial charge in [-0.3, -0.25) is 9.89 Å². The Morgan fingerprint density at radius 3 is 2.21 bits per heavy atom. The Morgan fingerprint density at radius 2 is 1.56 bits per heavy atom. The molecule has 2 aromatic heterocycles. The number of fused-ring (bicyclic) bond motifs is 1. The number of rotatable bonds is 5. The van der Waals surface area contributed by atoms with Crippen molar-refractivity contribution in [1.29, 1.82) is 0 Å². The lowest BCUT2D eigenvalue weighted by Crippen LogP contribution is -2.23. The number of aromatic amines is 1. The third kappa shape index (κ3) is 3.41. The van der Waals surface area contributed by atoms with E-state index in [-0.39, 0.29) is 11.5 Å². The molecule has 0 aliphatic heterocycles. The summed E-state index contributed by atoms with van der Waals surface area (Å²) in [6.45, 7) is 3.19. The first-order chi connectivity index (χ1) is 16.3. The first kappa shape index (κ1) is 21.7. The number of nitrogens with zero attached hydrogens (tertiary/aromatic N) is 3. The lowest BCUT2D eigenvalue weighted by atomic mass is 10.0. The molecule has 0 aliphatic rings. The number of para-hydroxylation sites is 1. The van der Waals surface area contributed by atoms with Crippen molar-refractivity contribution >= 4 is 27.0 Å². The van der Waals surface area contributed by atoms with Crippen LogP contribution in [-0.4, -0.2) is 32.4 Å². The van der Waals surface area contributed by atoms with Crippen LogP contribution in [0.4, 0.5) is 5.95 Å². The number of aromatic nitrogens is 4. The Bertz CT molecular complexity index is 1660. The van der Waals surface area contributed by atoms with E-state index in [2.05, 4.69) is 10.1 Å². The molecule has 0 saturated carbocycles. The molecular weight excluding hydrogens is 450 g/mol. The van der Waals surface area contributed by atoms with Gasteiger partial charge in [-0.15, -0.1) is 0 Å². The molecule has 0 spiro atoms. The van der Waals surface area contributed by atoms with Gasteiger partial charge in [0.2, 0.25) is 16.0 Å². The average Bonchev–Trinajstić information content (AvgIpc) is 3.36. The number of benzene rings is 3. The summed E-state index contributed by atoms with van der Waals surface area (Å²) in [4.78, 5) is 17.8.